The summed E-state index contributed by atoms with van der Waals surface area (Å²) in [6.45, 7) is 0.752. The number of aromatic nitrogens is 2. The zero-order valence-corrected chi connectivity index (χ0v) is 9.28. The third-order valence-electron chi connectivity index (χ3n) is 2.94. The number of nitrogens with one attached hydrogen (secondary N) is 1. The zero-order valence-electron chi connectivity index (χ0n) is 8.46. The predicted molar refractivity (Wildman–Crippen MR) is 59.8 cm³/mol. The maximum absolute atomic E-state index is 13.5. The maximum atomic E-state index is 13.5. The van der Waals surface area contributed by atoms with E-state index in [1.165, 1.54) is 18.9 Å². The largest absolute Gasteiger partial charge is 0.328 e. The fraction of sp³-hybridized carbons (Fsp3) is 0.364. The maximum Gasteiger partial charge on any atom is 0.178 e. The summed E-state index contributed by atoms with van der Waals surface area (Å²) in [7, 11) is 0. The van der Waals surface area contributed by atoms with E-state index >= 15 is 0 Å². The van der Waals surface area contributed by atoms with Gasteiger partial charge in [-0.3, -0.25) is 0 Å². The summed E-state index contributed by atoms with van der Waals surface area (Å²) in [4.78, 5) is 2.79. The van der Waals surface area contributed by atoms with E-state index in [2.05, 4.69) is 4.98 Å². The molecule has 0 saturated heterocycles. The fourth-order valence-electron chi connectivity index (χ4n) is 1.92. The molecule has 0 atom stereocenters. The Kier molecular flexibility index (Phi) is 2.10. The third-order valence-corrected chi connectivity index (χ3v) is 3.26. The monoisotopic (exact) mass is 240 g/mol. The van der Waals surface area contributed by atoms with Gasteiger partial charge in [0.1, 0.15) is 11.3 Å². The quantitative estimate of drug-likeness (QED) is 0.798. The first kappa shape index (κ1) is 9.96. The van der Waals surface area contributed by atoms with Crippen LogP contribution in [-0.4, -0.2) is 9.55 Å². The lowest BCUT2D eigenvalue weighted by Crippen LogP contribution is -1.99. The number of halogens is 2. The van der Waals surface area contributed by atoms with Gasteiger partial charge in [-0.1, -0.05) is 0 Å². The normalized spacial score (nSPS) is 15.9. The first-order chi connectivity index (χ1) is 7.65. The molecule has 5 heteroatoms. The van der Waals surface area contributed by atoms with Crippen LogP contribution in [0.4, 0.5) is 8.78 Å². The van der Waals surface area contributed by atoms with Crippen molar-refractivity contribution in [1.29, 1.82) is 0 Å². The van der Waals surface area contributed by atoms with Gasteiger partial charge in [0.25, 0.3) is 0 Å². The average Bonchev–Trinajstić information content (AvgIpc) is 2.96. The number of nitrogens with zero attached hydrogens (tertiary/aromatic N) is 1. The number of fused-ring (bicyclic) bond motifs is 1. The Morgan fingerprint density at radius 1 is 1.38 bits per heavy atom. The first-order valence-electron chi connectivity index (χ1n) is 5.22. The second kappa shape index (κ2) is 3.38. The van der Waals surface area contributed by atoms with Crippen molar-refractivity contribution < 1.29 is 8.78 Å². The summed E-state index contributed by atoms with van der Waals surface area (Å²) in [5, 5.41) is 0. The molecule has 1 saturated carbocycles. The van der Waals surface area contributed by atoms with Gasteiger partial charge < -0.3 is 9.55 Å². The van der Waals surface area contributed by atoms with Crippen LogP contribution in [0.3, 0.4) is 0 Å². The third kappa shape index (κ3) is 1.55. The van der Waals surface area contributed by atoms with Crippen molar-refractivity contribution in [3.8, 4) is 0 Å². The van der Waals surface area contributed by atoms with Gasteiger partial charge in [-0.05, 0) is 37.0 Å². The highest BCUT2D eigenvalue weighted by Crippen LogP contribution is 2.32. The van der Waals surface area contributed by atoms with Crippen LogP contribution in [0.2, 0.25) is 0 Å². The smallest absolute Gasteiger partial charge is 0.178 e. The van der Waals surface area contributed by atoms with Crippen LogP contribution in [0.25, 0.3) is 11.0 Å². The molecule has 16 heavy (non-hydrogen) atoms. The molecular weight excluding hydrogens is 230 g/mol. The van der Waals surface area contributed by atoms with Gasteiger partial charge >= 0.3 is 0 Å². The van der Waals surface area contributed by atoms with E-state index in [1.54, 1.807) is 4.57 Å². The van der Waals surface area contributed by atoms with E-state index in [-0.39, 0.29) is 0 Å². The highest BCUT2D eigenvalue weighted by Gasteiger charge is 2.23. The highest BCUT2D eigenvalue weighted by molar-refractivity contribution is 7.71. The molecule has 0 spiro atoms. The van der Waals surface area contributed by atoms with E-state index in [0.29, 0.717) is 21.7 Å². The number of benzene rings is 1. The van der Waals surface area contributed by atoms with Crippen LogP contribution in [0, 0.1) is 22.3 Å². The van der Waals surface area contributed by atoms with Gasteiger partial charge in [0.05, 0.1) is 5.52 Å². The Morgan fingerprint density at radius 3 is 2.81 bits per heavy atom. The van der Waals surface area contributed by atoms with Crippen molar-refractivity contribution >= 4 is 23.3 Å². The molecule has 1 heterocycles. The highest BCUT2D eigenvalue weighted by atomic mass is 32.1. The lowest BCUT2D eigenvalue weighted by Gasteiger charge is -2.02. The Labute approximate surface area is 95.9 Å². The van der Waals surface area contributed by atoms with E-state index < -0.39 is 11.6 Å². The minimum atomic E-state index is -0.587. The molecule has 1 aromatic heterocycles. The summed E-state index contributed by atoms with van der Waals surface area (Å²) < 4.78 is 28.9. The Balaban J connectivity index is 2.25. The Bertz CT molecular complexity index is 610. The molecule has 1 aliphatic rings. The molecule has 1 aromatic carbocycles. The van der Waals surface area contributed by atoms with E-state index in [9.17, 15) is 8.78 Å². The molecule has 84 valence electrons. The topological polar surface area (TPSA) is 20.7 Å². The molecule has 1 aliphatic carbocycles. The van der Waals surface area contributed by atoms with Crippen molar-refractivity contribution in [3.63, 3.8) is 0 Å². The summed E-state index contributed by atoms with van der Waals surface area (Å²) in [5.74, 6) is -0.545. The lowest BCUT2D eigenvalue weighted by atomic mass is 10.3. The summed E-state index contributed by atoms with van der Waals surface area (Å²) >= 11 is 5.12. The molecule has 2 nitrogen and oxygen atoms in total. The molecule has 1 N–H and O–H groups in total. The lowest BCUT2D eigenvalue weighted by molar-refractivity contribution is 0.588. The van der Waals surface area contributed by atoms with Crippen LogP contribution < -0.4 is 0 Å². The molecule has 3 rings (SSSR count). The van der Waals surface area contributed by atoms with Crippen LogP contribution in [0.1, 0.15) is 12.8 Å². The average molecular weight is 240 g/mol. The second-order valence-electron chi connectivity index (χ2n) is 4.27. The molecule has 1 fully saturated rings. The molecule has 0 radical (unpaired) electrons. The Hall–Kier alpha value is -1.23. The zero-order chi connectivity index (χ0) is 11.3. The summed E-state index contributed by atoms with van der Waals surface area (Å²) in [6, 6.07) is 2.20. The summed E-state index contributed by atoms with van der Waals surface area (Å²) in [5.41, 5.74) is 0.821. The SMILES string of the molecule is Fc1cc(F)c2[nH]c(=S)n(CC3CC3)c2c1. The van der Waals surface area contributed by atoms with Crippen molar-refractivity contribution in [1.82, 2.24) is 9.55 Å². The van der Waals surface area contributed by atoms with Gasteiger partial charge in [-0.25, -0.2) is 8.78 Å². The van der Waals surface area contributed by atoms with E-state index in [0.717, 1.165) is 12.6 Å². The van der Waals surface area contributed by atoms with Crippen molar-refractivity contribution in [2.45, 2.75) is 19.4 Å². The molecule has 0 aliphatic heterocycles. The van der Waals surface area contributed by atoms with Crippen LogP contribution in [0.15, 0.2) is 12.1 Å². The van der Waals surface area contributed by atoms with Crippen LogP contribution in [-0.2, 0) is 6.54 Å². The number of H-pyrrole nitrogens is 1. The van der Waals surface area contributed by atoms with Gasteiger partial charge in [-0.2, -0.15) is 0 Å². The number of imidazole rings is 1. The second-order valence-corrected chi connectivity index (χ2v) is 4.65. The van der Waals surface area contributed by atoms with Crippen LogP contribution in [0.5, 0.6) is 0 Å². The van der Waals surface area contributed by atoms with E-state index in [4.69, 9.17) is 12.2 Å². The Morgan fingerprint density at radius 2 is 2.12 bits per heavy atom. The first-order valence-corrected chi connectivity index (χ1v) is 5.63. The molecular formula is C11H10F2N2S. The van der Waals surface area contributed by atoms with Crippen LogP contribution >= 0.6 is 12.2 Å². The molecule has 0 amide bonds. The standard InChI is InChI=1S/C11H10F2N2S/c12-7-3-8(13)10-9(4-7)15(11(16)14-10)5-6-1-2-6/h3-4,6H,1-2,5H2,(H,14,16). The predicted octanol–water partition coefficient (Wildman–Crippen LogP) is 3.39. The number of hydrogen-bond acceptors (Lipinski definition) is 1. The molecule has 0 bridgehead atoms. The van der Waals surface area contributed by atoms with E-state index in [1.807, 2.05) is 0 Å². The minimum Gasteiger partial charge on any atom is -0.328 e. The van der Waals surface area contributed by atoms with Crippen molar-refractivity contribution in [2.75, 3.05) is 0 Å². The van der Waals surface area contributed by atoms with Crippen molar-refractivity contribution in [2.24, 2.45) is 5.92 Å². The van der Waals surface area contributed by atoms with Gasteiger partial charge in [0.2, 0.25) is 0 Å². The van der Waals surface area contributed by atoms with Gasteiger partial charge in [0, 0.05) is 12.6 Å². The number of aromatic amines is 1. The number of rotatable bonds is 2. The van der Waals surface area contributed by atoms with Gasteiger partial charge in [0.15, 0.2) is 10.6 Å². The molecule has 0 unspecified atom stereocenters. The summed E-state index contributed by atoms with van der Waals surface area (Å²) in [6.07, 6.45) is 2.35. The molecule has 2 aromatic rings. The van der Waals surface area contributed by atoms with Crippen molar-refractivity contribution in [3.05, 3.63) is 28.5 Å². The number of hydrogen-bond donors (Lipinski definition) is 1. The fourth-order valence-corrected chi connectivity index (χ4v) is 2.20. The minimum absolute atomic E-state index is 0.298. The van der Waals surface area contributed by atoms with Gasteiger partial charge in [-0.15, -0.1) is 0 Å².